The average Bonchev–Trinajstić information content (AvgIpc) is 3.14. The van der Waals surface area contributed by atoms with E-state index in [9.17, 15) is 4.79 Å². The molecule has 2 aromatic carbocycles. The first-order valence-electron chi connectivity index (χ1n) is 9.32. The van der Waals surface area contributed by atoms with Crippen LogP contribution in [0.15, 0.2) is 85.2 Å². The molecule has 0 saturated carbocycles. The lowest BCUT2D eigenvalue weighted by Gasteiger charge is -2.19. The van der Waals surface area contributed by atoms with Crippen LogP contribution in [0.4, 0.5) is 0 Å². The van der Waals surface area contributed by atoms with E-state index in [2.05, 4.69) is 29.2 Å². The molecule has 2 aromatic heterocycles. The summed E-state index contributed by atoms with van der Waals surface area (Å²) in [4.78, 5) is 22.8. The van der Waals surface area contributed by atoms with Crippen molar-refractivity contribution in [2.45, 2.75) is 12.8 Å². The normalized spacial score (nSPS) is 12.1. The molecule has 28 heavy (non-hydrogen) atoms. The zero-order chi connectivity index (χ0) is 18.9. The van der Waals surface area contributed by atoms with Crippen molar-refractivity contribution in [2.24, 2.45) is 0 Å². The Hall–Kier alpha value is -3.66. The van der Waals surface area contributed by atoms with E-state index in [4.69, 9.17) is 4.84 Å². The van der Waals surface area contributed by atoms with Gasteiger partial charge in [-0.3, -0.25) is 4.98 Å². The third-order valence-corrected chi connectivity index (χ3v) is 5.15. The zero-order valence-corrected chi connectivity index (χ0v) is 15.2. The standard InChI is InChI=1S/C24H18N2O2/c27-24(19-7-2-1-3-8-19)28-26-22-11-10-17-6-4-5-9-20(17)21(22)16-23(26)18-12-14-25-15-13-18/h1-9,12-16H,10-11H2. The van der Waals surface area contributed by atoms with Crippen LogP contribution in [0.25, 0.3) is 22.4 Å². The van der Waals surface area contributed by atoms with E-state index in [1.54, 1.807) is 29.3 Å². The highest BCUT2D eigenvalue weighted by Crippen LogP contribution is 2.38. The molecule has 0 atom stereocenters. The molecule has 0 saturated heterocycles. The summed E-state index contributed by atoms with van der Waals surface area (Å²) in [7, 11) is 0. The molecule has 1 aliphatic carbocycles. The lowest BCUT2D eigenvalue weighted by atomic mass is 9.90. The molecule has 0 amide bonds. The SMILES string of the molecule is O=C(On1c(-c2ccncc2)cc2c1CCc1ccccc1-2)c1ccccc1. The van der Waals surface area contributed by atoms with E-state index in [0.29, 0.717) is 5.56 Å². The number of carbonyl (C=O) groups excluding carboxylic acids is 1. The van der Waals surface area contributed by atoms with Crippen LogP contribution in [0.2, 0.25) is 0 Å². The molecule has 136 valence electrons. The molecule has 4 nitrogen and oxygen atoms in total. The fourth-order valence-corrected chi connectivity index (χ4v) is 3.79. The number of rotatable bonds is 3. The Kier molecular flexibility index (Phi) is 4.02. The van der Waals surface area contributed by atoms with E-state index in [0.717, 1.165) is 35.4 Å². The molecule has 0 N–H and O–H groups in total. The summed E-state index contributed by atoms with van der Waals surface area (Å²) < 4.78 is 1.70. The fourth-order valence-electron chi connectivity index (χ4n) is 3.79. The van der Waals surface area contributed by atoms with Crippen molar-refractivity contribution in [3.05, 3.63) is 102 Å². The van der Waals surface area contributed by atoms with Gasteiger partial charge in [-0.15, -0.1) is 0 Å². The summed E-state index contributed by atoms with van der Waals surface area (Å²) in [5.41, 5.74) is 7.01. The van der Waals surface area contributed by atoms with Crippen LogP contribution in [-0.4, -0.2) is 15.7 Å². The van der Waals surface area contributed by atoms with Crippen LogP contribution < -0.4 is 4.84 Å². The van der Waals surface area contributed by atoms with Gasteiger partial charge in [0.1, 0.15) is 0 Å². The van der Waals surface area contributed by atoms with Gasteiger partial charge in [-0.2, -0.15) is 4.73 Å². The van der Waals surface area contributed by atoms with E-state index >= 15 is 0 Å². The lowest BCUT2D eigenvalue weighted by molar-refractivity contribution is 0.0458. The minimum atomic E-state index is -0.367. The Morgan fingerprint density at radius 3 is 2.43 bits per heavy atom. The summed E-state index contributed by atoms with van der Waals surface area (Å²) in [6.45, 7) is 0. The van der Waals surface area contributed by atoms with Gasteiger partial charge in [-0.1, -0.05) is 42.5 Å². The number of fused-ring (bicyclic) bond motifs is 3. The maximum absolute atomic E-state index is 12.8. The topological polar surface area (TPSA) is 44.1 Å². The zero-order valence-electron chi connectivity index (χ0n) is 15.2. The van der Waals surface area contributed by atoms with Gasteiger partial charge in [0, 0.05) is 23.5 Å². The molecule has 0 radical (unpaired) electrons. The Labute approximate surface area is 163 Å². The number of aromatic nitrogens is 2. The molecular weight excluding hydrogens is 348 g/mol. The van der Waals surface area contributed by atoms with Crippen molar-refractivity contribution >= 4 is 5.97 Å². The monoisotopic (exact) mass is 366 g/mol. The molecule has 0 spiro atoms. The minimum Gasteiger partial charge on any atom is -0.331 e. The summed E-state index contributed by atoms with van der Waals surface area (Å²) in [5.74, 6) is -0.367. The van der Waals surface area contributed by atoms with Gasteiger partial charge in [0.15, 0.2) is 0 Å². The summed E-state index contributed by atoms with van der Waals surface area (Å²) in [5, 5.41) is 0. The van der Waals surface area contributed by atoms with Crippen molar-refractivity contribution in [1.82, 2.24) is 9.71 Å². The van der Waals surface area contributed by atoms with Gasteiger partial charge in [-0.25, -0.2) is 4.79 Å². The molecule has 0 unspecified atom stereocenters. The molecule has 2 heterocycles. The third-order valence-electron chi connectivity index (χ3n) is 5.15. The van der Waals surface area contributed by atoms with Crippen molar-refractivity contribution in [2.75, 3.05) is 0 Å². The maximum atomic E-state index is 12.8. The Morgan fingerprint density at radius 1 is 0.857 bits per heavy atom. The first-order valence-corrected chi connectivity index (χ1v) is 9.32. The second kappa shape index (κ2) is 6.82. The lowest BCUT2D eigenvalue weighted by Crippen LogP contribution is -2.23. The van der Waals surface area contributed by atoms with E-state index in [1.807, 2.05) is 36.4 Å². The smallest absolute Gasteiger partial charge is 0.331 e. The number of carbonyl (C=O) groups is 1. The van der Waals surface area contributed by atoms with Gasteiger partial charge in [0.05, 0.1) is 17.0 Å². The first-order chi connectivity index (χ1) is 13.8. The molecule has 4 aromatic rings. The highest BCUT2D eigenvalue weighted by atomic mass is 16.7. The fraction of sp³-hybridized carbons (Fsp3) is 0.0833. The number of hydrogen-bond donors (Lipinski definition) is 0. The predicted octanol–water partition coefficient (Wildman–Crippen LogP) is 4.58. The third kappa shape index (κ3) is 2.79. The molecular formula is C24H18N2O2. The number of pyridine rings is 1. The number of nitrogens with zero attached hydrogens (tertiary/aromatic N) is 2. The molecule has 0 aliphatic heterocycles. The van der Waals surface area contributed by atoms with Crippen LogP contribution in [0, 0.1) is 0 Å². The van der Waals surface area contributed by atoms with Crippen molar-refractivity contribution in [3.63, 3.8) is 0 Å². The van der Waals surface area contributed by atoms with Gasteiger partial charge >= 0.3 is 5.97 Å². The van der Waals surface area contributed by atoms with Crippen molar-refractivity contribution < 1.29 is 9.63 Å². The molecule has 0 fully saturated rings. The van der Waals surface area contributed by atoms with Crippen LogP contribution in [-0.2, 0) is 12.8 Å². The Balaban J connectivity index is 1.65. The largest absolute Gasteiger partial charge is 0.363 e. The summed E-state index contributed by atoms with van der Waals surface area (Å²) in [6.07, 6.45) is 5.24. The van der Waals surface area contributed by atoms with Gasteiger partial charge in [0.25, 0.3) is 0 Å². The van der Waals surface area contributed by atoms with E-state index in [-0.39, 0.29) is 5.97 Å². The van der Waals surface area contributed by atoms with Gasteiger partial charge in [-0.05, 0) is 54.3 Å². The average molecular weight is 366 g/mol. The molecule has 1 aliphatic rings. The number of aryl methyl sites for hydroxylation is 1. The second-order valence-corrected chi connectivity index (χ2v) is 6.82. The van der Waals surface area contributed by atoms with Gasteiger partial charge in [0.2, 0.25) is 0 Å². The van der Waals surface area contributed by atoms with Crippen LogP contribution in [0.1, 0.15) is 21.6 Å². The predicted molar refractivity (Wildman–Crippen MR) is 108 cm³/mol. The maximum Gasteiger partial charge on any atom is 0.363 e. The van der Waals surface area contributed by atoms with Gasteiger partial charge < -0.3 is 4.84 Å². The first kappa shape index (κ1) is 16.5. The van der Waals surface area contributed by atoms with Crippen LogP contribution >= 0.6 is 0 Å². The van der Waals surface area contributed by atoms with E-state index in [1.165, 1.54) is 11.1 Å². The Morgan fingerprint density at radius 2 is 1.61 bits per heavy atom. The second-order valence-electron chi connectivity index (χ2n) is 6.82. The Bertz CT molecular complexity index is 1150. The summed E-state index contributed by atoms with van der Waals surface area (Å²) in [6, 6.07) is 23.5. The highest BCUT2D eigenvalue weighted by Gasteiger charge is 2.25. The quantitative estimate of drug-likeness (QED) is 0.533. The number of hydrogen-bond acceptors (Lipinski definition) is 3. The minimum absolute atomic E-state index is 0.367. The van der Waals surface area contributed by atoms with Crippen LogP contribution in [0.3, 0.4) is 0 Å². The van der Waals surface area contributed by atoms with E-state index < -0.39 is 0 Å². The van der Waals surface area contributed by atoms with Crippen LogP contribution in [0.5, 0.6) is 0 Å². The van der Waals surface area contributed by atoms with Crippen molar-refractivity contribution in [1.29, 1.82) is 0 Å². The molecule has 0 bridgehead atoms. The molecule has 4 heteroatoms. The molecule has 5 rings (SSSR count). The summed E-state index contributed by atoms with van der Waals surface area (Å²) >= 11 is 0. The number of benzene rings is 2. The van der Waals surface area contributed by atoms with Crippen molar-refractivity contribution in [3.8, 4) is 22.4 Å². The highest BCUT2D eigenvalue weighted by molar-refractivity contribution is 5.90.